The number of ether oxygens (including phenoxy) is 2. The molecule has 1 aliphatic rings. The Morgan fingerprint density at radius 3 is 3.11 bits per heavy atom. The van der Waals surface area contributed by atoms with Crippen molar-refractivity contribution in [2.75, 3.05) is 6.61 Å². The molecule has 1 rings (SSSR count). The fourth-order valence-corrected chi connectivity index (χ4v) is 0.572. The number of cyclic esters (lactones) is 1. The van der Waals surface area contributed by atoms with Gasteiger partial charge in [-0.05, 0) is 0 Å². The molecule has 0 aromatic heterocycles. The number of esters is 1. The van der Waals surface area contributed by atoms with Crippen LogP contribution in [0.15, 0.2) is 0 Å². The van der Waals surface area contributed by atoms with E-state index in [0.29, 0.717) is 6.42 Å². The van der Waals surface area contributed by atoms with Crippen LogP contribution < -0.4 is 0 Å². The van der Waals surface area contributed by atoms with Gasteiger partial charge in [0.25, 0.3) is 0 Å². The molecule has 0 radical (unpaired) electrons. The van der Waals surface area contributed by atoms with Gasteiger partial charge in [-0.25, -0.2) is 4.79 Å². The van der Waals surface area contributed by atoms with E-state index in [4.69, 9.17) is 11.2 Å². The average Bonchev–Trinajstić information content (AvgIpc) is 2.17. The van der Waals surface area contributed by atoms with Gasteiger partial charge in [0.2, 0.25) is 6.29 Å². The van der Waals surface area contributed by atoms with Gasteiger partial charge in [0.05, 0.1) is 6.42 Å². The lowest BCUT2D eigenvalue weighted by molar-refractivity contribution is -0.142. The summed E-state index contributed by atoms with van der Waals surface area (Å²) in [5.41, 5.74) is 0. The minimum absolute atomic E-state index is 0.0341. The summed E-state index contributed by atoms with van der Waals surface area (Å²) >= 11 is 0. The third-order valence-corrected chi connectivity index (χ3v) is 0.934. The molecule has 0 saturated carbocycles. The van der Waals surface area contributed by atoms with E-state index in [0.717, 1.165) is 0 Å². The van der Waals surface area contributed by atoms with Gasteiger partial charge in [-0.2, -0.15) is 0 Å². The van der Waals surface area contributed by atoms with E-state index in [1.165, 1.54) is 0 Å². The summed E-state index contributed by atoms with van der Waals surface area (Å²) in [7, 11) is 0. The predicted molar refractivity (Wildman–Crippen MR) is 29.3 cm³/mol. The van der Waals surface area contributed by atoms with Gasteiger partial charge in [-0.3, -0.25) is 0 Å². The van der Waals surface area contributed by atoms with Crippen molar-refractivity contribution in [2.45, 2.75) is 12.7 Å². The second-order valence-electron chi connectivity index (χ2n) is 1.64. The molecule has 0 aliphatic carbocycles. The summed E-state index contributed by atoms with van der Waals surface area (Å²) in [6, 6.07) is 0. The lowest BCUT2D eigenvalue weighted by Crippen LogP contribution is -2.06. The molecule has 0 N–H and O–H groups in total. The molecule has 0 aromatic rings. The fourth-order valence-electron chi connectivity index (χ4n) is 0.572. The zero-order valence-electron chi connectivity index (χ0n) is 4.79. The van der Waals surface area contributed by atoms with Crippen molar-refractivity contribution in [3.05, 3.63) is 0 Å². The van der Waals surface area contributed by atoms with Crippen molar-refractivity contribution in [2.24, 2.45) is 0 Å². The highest BCUT2D eigenvalue weighted by Crippen LogP contribution is 2.07. The van der Waals surface area contributed by atoms with E-state index in [1.807, 2.05) is 0 Å². The molecule has 1 atom stereocenters. The molecule has 0 spiro atoms. The minimum Gasteiger partial charge on any atom is -0.433 e. The molecule has 3 nitrogen and oxygen atoms in total. The normalized spacial score (nSPS) is 25.2. The molecular weight excluding hydrogens is 120 g/mol. The lowest BCUT2D eigenvalue weighted by Gasteiger charge is -2.00. The highest BCUT2D eigenvalue weighted by molar-refractivity contribution is 5.72. The standard InChI is InChI=1S/C6H6O3/c1-2-3-6-8-4-5(7)9-6/h1,6H,3-4H2. The summed E-state index contributed by atoms with van der Waals surface area (Å²) in [6.45, 7) is 0.0341. The van der Waals surface area contributed by atoms with E-state index >= 15 is 0 Å². The molecule has 1 unspecified atom stereocenters. The van der Waals surface area contributed by atoms with Crippen LogP contribution in [0.3, 0.4) is 0 Å². The molecule has 9 heavy (non-hydrogen) atoms. The van der Waals surface area contributed by atoms with Gasteiger partial charge >= 0.3 is 5.97 Å². The van der Waals surface area contributed by atoms with Crippen molar-refractivity contribution in [3.8, 4) is 12.3 Å². The predicted octanol–water partition coefficient (Wildman–Crippen LogP) is -0.0908. The smallest absolute Gasteiger partial charge is 0.334 e. The maximum absolute atomic E-state index is 10.3. The highest BCUT2D eigenvalue weighted by atomic mass is 16.7. The average molecular weight is 126 g/mol. The van der Waals surface area contributed by atoms with Gasteiger partial charge in [-0.15, -0.1) is 12.3 Å². The molecule has 0 bridgehead atoms. The van der Waals surface area contributed by atoms with Crippen molar-refractivity contribution < 1.29 is 14.3 Å². The summed E-state index contributed by atoms with van der Waals surface area (Å²) in [4.78, 5) is 10.3. The van der Waals surface area contributed by atoms with E-state index in [9.17, 15) is 4.79 Å². The van der Waals surface area contributed by atoms with Crippen LogP contribution in [0.1, 0.15) is 6.42 Å². The number of rotatable bonds is 1. The van der Waals surface area contributed by atoms with Gasteiger partial charge in [0, 0.05) is 0 Å². The fraction of sp³-hybridized carbons (Fsp3) is 0.500. The molecular formula is C6H6O3. The van der Waals surface area contributed by atoms with Crippen LogP contribution in [-0.2, 0) is 14.3 Å². The van der Waals surface area contributed by atoms with Crippen LogP contribution in [0.5, 0.6) is 0 Å². The number of hydrogen-bond donors (Lipinski definition) is 0. The number of carbonyl (C=O) groups is 1. The number of carbonyl (C=O) groups excluding carboxylic acids is 1. The van der Waals surface area contributed by atoms with E-state index in [-0.39, 0.29) is 12.6 Å². The Hall–Kier alpha value is -1.01. The van der Waals surface area contributed by atoms with E-state index in [1.54, 1.807) is 0 Å². The Bertz CT molecular complexity index is 156. The summed E-state index contributed by atoms with van der Waals surface area (Å²) in [6.07, 6.45) is 4.77. The highest BCUT2D eigenvalue weighted by Gasteiger charge is 2.22. The van der Waals surface area contributed by atoms with Crippen LogP contribution >= 0.6 is 0 Å². The number of terminal acetylenes is 1. The first kappa shape index (κ1) is 6.12. The zero-order chi connectivity index (χ0) is 6.69. The Kier molecular flexibility index (Phi) is 1.71. The van der Waals surface area contributed by atoms with Crippen LogP contribution in [-0.4, -0.2) is 18.9 Å². The summed E-state index contributed by atoms with van der Waals surface area (Å²) in [5, 5.41) is 0. The molecule has 3 heteroatoms. The first-order valence-corrected chi connectivity index (χ1v) is 2.57. The Morgan fingerprint density at radius 2 is 2.67 bits per heavy atom. The van der Waals surface area contributed by atoms with Gasteiger partial charge in [0.15, 0.2) is 0 Å². The second-order valence-corrected chi connectivity index (χ2v) is 1.64. The lowest BCUT2D eigenvalue weighted by atomic mass is 10.4. The molecule has 0 amide bonds. The van der Waals surface area contributed by atoms with Crippen molar-refractivity contribution in [1.82, 2.24) is 0 Å². The van der Waals surface area contributed by atoms with Gasteiger partial charge in [0.1, 0.15) is 6.61 Å². The van der Waals surface area contributed by atoms with Crippen LogP contribution in [0, 0.1) is 12.3 Å². The largest absolute Gasteiger partial charge is 0.433 e. The summed E-state index contributed by atoms with van der Waals surface area (Å²) < 4.78 is 9.39. The van der Waals surface area contributed by atoms with Crippen molar-refractivity contribution >= 4 is 5.97 Å². The van der Waals surface area contributed by atoms with Crippen LogP contribution in [0.4, 0.5) is 0 Å². The van der Waals surface area contributed by atoms with Crippen molar-refractivity contribution in [3.63, 3.8) is 0 Å². The second kappa shape index (κ2) is 2.51. The zero-order valence-corrected chi connectivity index (χ0v) is 4.79. The number of hydrogen-bond acceptors (Lipinski definition) is 3. The topological polar surface area (TPSA) is 35.5 Å². The third kappa shape index (κ3) is 1.44. The SMILES string of the molecule is C#CCC1OCC(=O)O1. The van der Waals surface area contributed by atoms with Crippen LogP contribution in [0.2, 0.25) is 0 Å². The van der Waals surface area contributed by atoms with E-state index in [2.05, 4.69) is 10.7 Å². The Labute approximate surface area is 52.9 Å². The summed E-state index contributed by atoms with van der Waals surface area (Å²) in [5.74, 6) is 1.99. The van der Waals surface area contributed by atoms with E-state index < -0.39 is 6.29 Å². The molecule has 1 saturated heterocycles. The first-order chi connectivity index (χ1) is 4.33. The third-order valence-electron chi connectivity index (χ3n) is 0.934. The van der Waals surface area contributed by atoms with Gasteiger partial charge < -0.3 is 9.47 Å². The molecule has 1 heterocycles. The molecule has 48 valence electrons. The Balaban J connectivity index is 2.32. The molecule has 1 fully saturated rings. The minimum atomic E-state index is -0.498. The Morgan fingerprint density at radius 1 is 1.89 bits per heavy atom. The van der Waals surface area contributed by atoms with Crippen LogP contribution in [0.25, 0.3) is 0 Å². The quantitative estimate of drug-likeness (QED) is 0.364. The maximum atomic E-state index is 10.3. The monoisotopic (exact) mass is 126 g/mol. The van der Waals surface area contributed by atoms with Crippen molar-refractivity contribution in [1.29, 1.82) is 0 Å². The van der Waals surface area contributed by atoms with Gasteiger partial charge in [-0.1, -0.05) is 0 Å². The molecule has 0 aromatic carbocycles. The molecule has 1 aliphatic heterocycles. The maximum Gasteiger partial charge on any atom is 0.334 e. The first-order valence-electron chi connectivity index (χ1n) is 2.57.